The van der Waals surface area contributed by atoms with Crippen LogP contribution < -0.4 is 20.5 Å². The minimum Gasteiger partial charge on any atom is -0.494 e. The third kappa shape index (κ3) is 3.51. The molecule has 17 heavy (non-hydrogen) atoms. The Balaban J connectivity index is 2.81. The molecule has 0 heterocycles. The van der Waals surface area contributed by atoms with Crippen molar-refractivity contribution >= 4 is 5.69 Å². The molecule has 1 rings (SSSR count). The zero-order valence-electron chi connectivity index (χ0n) is 10.5. The van der Waals surface area contributed by atoms with Crippen molar-refractivity contribution in [2.45, 2.75) is 19.6 Å². The molecule has 5 heteroatoms. The number of anilines is 1. The van der Waals surface area contributed by atoms with E-state index in [4.69, 9.17) is 20.3 Å². The standard InChI is InChI=1S/C12H20N2O3/c1-8(15)6-14-7-9-4-5-10(16-2)11(13)12(9)17-3/h4-5,8,14-15H,6-7,13H2,1-3H3. The summed E-state index contributed by atoms with van der Waals surface area (Å²) in [4.78, 5) is 0. The highest BCUT2D eigenvalue weighted by Gasteiger charge is 2.11. The summed E-state index contributed by atoms with van der Waals surface area (Å²) in [5.41, 5.74) is 7.34. The lowest BCUT2D eigenvalue weighted by Gasteiger charge is -2.15. The fourth-order valence-electron chi connectivity index (χ4n) is 1.60. The van der Waals surface area contributed by atoms with Gasteiger partial charge in [0.1, 0.15) is 17.2 Å². The van der Waals surface area contributed by atoms with E-state index < -0.39 is 0 Å². The van der Waals surface area contributed by atoms with Gasteiger partial charge in [-0.05, 0) is 13.0 Å². The van der Waals surface area contributed by atoms with Gasteiger partial charge < -0.3 is 25.6 Å². The number of aliphatic hydroxyl groups excluding tert-OH is 1. The molecular weight excluding hydrogens is 220 g/mol. The molecule has 1 aromatic carbocycles. The lowest BCUT2D eigenvalue weighted by atomic mass is 10.1. The van der Waals surface area contributed by atoms with E-state index in [-0.39, 0.29) is 6.10 Å². The van der Waals surface area contributed by atoms with Crippen LogP contribution in [0.2, 0.25) is 0 Å². The average molecular weight is 240 g/mol. The summed E-state index contributed by atoms with van der Waals surface area (Å²) in [6, 6.07) is 3.69. The van der Waals surface area contributed by atoms with Gasteiger partial charge in [0.2, 0.25) is 0 Å². The summed E-state index contributed by atoms with van der Waals surface area (Å²) in [7, 11) is 3.14. The summed E-state index contributed by atoms with van der Waals surface area (Å²) >= 11 is 0. The first-order valence-electron chi connectivity index (χ1n) is 5.48. The molecule has 96 valence electrons. The molecule has 4 N–H and O–H groups in total. The summed E-state index contributed by atoms with van der Waals surface area (Å²) in [6.07, 6.45) is -0.378. The van der Waals surface area contributed by atoms with Crippen LogP contribution >= 0.6 is 0 Å². The molecule has 0 saturated carbocycles. The monoisotopic (exact) mass is 240 g/mol. The molecule has 0 aromatic heterocycles. The Morgan fingerprint density at radius 2 is 2.06 bits per heavy atom. The number of hydrogen-bond donors (Lipinski definition) is 3. The molecule has 5 nitrogen and oxygen atoms in total. The minimum atomic E-state index is -0.378. The van der Waals surface area contributed by atoms with Crippen LogP contribution in [-0.2, 0) is 6.54 Å². The van der Waals surface area contributed by atoms with Gasteiger partial charge in [-0.2, -0.15) is 0 Å². The molecule has 1 aromatic rings. The smallest absolute Gasteiger partial charge is 0.150 e. The first-order valence-corrected chi connectivity index (χ1v) is 5.48. The van der Waals surface area contributed by atoms with Gasteiger partial charge >= 0.3 is 0 Å². The number of hydrogen-bond acceptors (Lipinski definition) is 5. The summed E-state index contributed by atoms with van der Waals surface area (Å²) in [5, 5.41) is 12.3. The molecule has 0 amide bonds. The Labute approximate surface area is 102 Å². The molecule has 1 atom stereocenters. The lowest BCUT2D eigenvalue weighted by molar-refractivity contribution is 0.191. The first-order chi connectivity index (χ1) is 8.10. The normalized spacial score (nSPS) is 12.2. The topological polar surface area (TPSA) is 76.7 Å². The molecule has 0 radical (unpaired) electrons. The van der Waals surface area contributed by atoms with Crippen molar-refractivity contribution in [1.82, 2.24) is 5.32 Å². The van der Waals surface area contributed by atoms with Gasteiger partial charge in [-0.1, -0.05) is 6.07 Å². The number of nitrogens with one attached hydrogen (secondary N) is 1. The van der Waals surface area contributed by atoms with E-state index in [1.165, 1.54) is 0 Å². The molecule has 0 aliphatic carbocycles. The zero-order chi connectivity index (χ0) is 12.8. The zero-order valence-corrected chi connectivity index (χ0v) is 10.5. The second kappa shape index (κ2) is 6.32. The van der Waals surface area contributed by atoms with Gasteiger partial charge in [0.05, 0.1) is 20.3 Å². The highest BCUT2D eigenvalue weighted by atomic mass is 16.5. The van der Waals surface area contributed by atoms with E-state index in [1.54, 1.807) is 27.2 Å². The highest BCUT2D eigenvalue weighted by molar-refractivity contribution is 5.65. The van der Waals surface area contributed by atoms with Crippen LogP contribution in [0.25, 0.3) is 0 Å². The van der Waals surface area contributed by atoms with Gasteiger partial charge in [-0.25, -0.2) is 0 Å². The molecule has 0 aliphatic rings. The van der Waals surface area contributed by atoms with E-state index in [9.17, 15) is 0 Å². The Morgan fingerprint density at radius 3 is 2.59 bits per heavy atom. The number of aliphatic hydroxyl groups is 1. The van der Waals surface area contributed by atoms with Crippen molar-refractivity contribution in [1.29, 1.82) is 0 Å². The maximum absolute atomic E-state index is 9.16. The van der Waals surface area contributed by atoms with E-state index in [1.807, 2.05) is 6.07 Å². The largest absolute Gasteiger partial charge is 0.494 e. The van der Waals surface area contributed by atoms with E-state index in [2.05, 4.69) is 5.32 Å². The van der Waals surface area contributed by atoms with Crippen molar-refractivity contribution in [3.8, 4) is 11.5 Å². The Morgan fingerprint density at radius 1 is 1.35 bits per heavy atom. The second-order valence-electron chi connectivity index (χ2n) is 3.85. The average Bonchev–Trinajstić information content (AvgIpc) is 2.29. The maximum atomic E-state index is 9.16. The fraction of sp³-hybridized carbons (Fsp3) is 0.500. The molecule has 0 fully saturated rings. The Kier molecular flexibility index (Phi) is 5.06. The quantitative estimate of drug-likeness (QED) is 0.640. The van der Waals surface area contributed by atoms with Gasteiger partial charge in [-0.15, -0.1) is 0 Å². The molecule has 1 unspecified atom stereocenters. The molecule has 0 spiro atoms. The van der Waals surface area contributed by atoms with Gasteiger partial charge in [0, 0.05) is 18.7 Å². The lowest BCUT2D eigenvalue weighted by Crippen LogP contribution is -2.24. The summed E-state index contributed by atoms with van der Waals surface area (Å²) in [6.45, 7) is 2.84. The van der Waals surface area contributed by atoms with Gasteiger partial charge in [0.15, 0.2) is 0 Å². The van der Waals surface area contributed by atoms with Crippen molar-refractivity contribution in [2.75, 3.05) is 26.5 Å². The minimum absolute atomic E-state index is 0.378. The van der Waals surface area contributed by atoms with E-state index in [0.29, 0.717) is 30.3 Å². The van der Waals surface area contributed by atoms with E-state index in [0.717, 1.165) is 5.56 Å². The van der Waals surface area contributed by atoms with Crippen LogP contribution in [0.1, 0.15) is 12.5 Å². The van der Waals surface area contributed by atoms with Crippen molar-refractivity contribution in [2.24, 2.45) is 0 Å². The van der Waals surface area contributed by atoms with Gasteiger partial charge in [-0.3, -0.25) is 0 Å². The van der Waals surface area contributed by atoms with Crippen molar-refractivity contribution in [3.63, 3.8) is 0 Å². The van der Waals surface area contributed by atoms with Gasteiger partial charge in [0.25, 0.3) is 0 Å². The van der Waals surface area contributed by atoms with Crippen LogP contribution in [-0.4, -0.2) is 32.0 Å². The summed E-state index contributed by atoms with van der Waals surface area (Å²) in [5.74, 6) is 1.21. The summed E-state index contributed by atoms with van der Waals surface area (Å²) < 4.78 is 10.4. The number of nitrogen functional groups attached to an aromatic ring is 1. The Bertz CT molecular complexity index is 367. The highest BCUT2D eigenvalue weighted by Crippen LogP contribution is 2.34. The molecular formula is C12H20N2O3. The second-order valence-corrected chi connectivity index (χ2v) is 3.85. The first kappa shape index (κ1) is 13.6. The third-order valence-corrected chi connectivity index (χ3v) is 2.42. The van der Waals surface area contributed by atoms with Crippen LogP contribution in [0.4, 0.5) is 5.69 Å². The number of methoxy groups -OCH3 is 2. The van der Waals surface area contributed by atoms with Crippen LogP contribution in [0.5, 0.6) is 11.5 Å². The van der Waals surface area contributed by atoms with Crippen LogP contribution in [0.15, 0.2) is 12.1 Å². The maximum Gasteiger partial charge on any atom is 0.150 e. The number of rotatable bonds is 6. The van der Waals surface area contributed by atoms with Crippen molar-refractivity contribution < 1.29 is 14.6 Å². The molecule has 0 saturated heterocycles. The number of nitrogens with two attached hydrogens (primary N) is 1. The van der Waals surface area contributed by atoms with Crippen LogP contribution in [0, 0.1) is 0 Å². The van der Waals surface area contributed by atoms with E-state index >= 15 is 0 Å². The number of ether oxygens (including phenoxy) is 2. The Hall–Kier alpha value is -1.46. The molecule has 0 aliphatic heterocycles. The van der Waals surface area contributed by atoms with Crippen LogP contribution in [0.3, 0.4) is 0 Å². The number of benzene rings is 1. The predicted octanol–water partition coefficient (Wildman–Crippen LogP) is 0.756. The predicted molar refractivity (Wildman–Crippen MR) is 67.3 cm³/mol. The SMILES string of the molecule is COc1ccc(CNCC(C)O)c(OC)c1N. The fourth-order valence-corrected chi connectivity index (χ4v) is 1.60. The van der Waals surface area contributed by atoms with Crippen molar-refractivity contribution in [3.05, 3.63) is 17.7 Å². The third-order valence-electron chi connectivity index (χ3n) is 2.42. The molecule has 0 bridgehead atoms.